The maximum absolute atomic E-state index is 12.2. The normalized spacial score (nSPS) is 11.0. The predicted octanol–water partition coefficient (Wildman–Crippen LogP) is 1.74. The van der Waals surface area contributed by atoms with Crippen LogP contribution in [-0.4, -0.2) is 40.6 Å². The second-order valence-corrected chi connectivity index (χ2v) is 5.97. The van der Waals surface area contributed by atoms with E-state index in [0.29, 0.717) is 12.2 Å². The molecular weight excluding hydrogens is 342 g/mol. The first kappa shape index (κ1) is 20.9. The Morgan fingerprint density at radius 1 is 1.20 bits per heavy atom. The van der Waals surface area contributed by atoms with E-state index < -0.39 is 0 Å². The fourth-order valence-corrected chi connectivity index (χ4v) is 2.37. The zero-order chi connectivity index (χ0) is 17.6. The van der Waals surface area contributed by atoms with E-state index in [9.17, 15) is 9.59 Å². The lowest BCUT2D eigenvalue weighted by molar-refractivity contribution is -0.121. The van der Waals surface area contributed by atoms with Crippen LogP contribution in [0.25, 0.3) is 10.9 Å². The van der Waals surface area contributed by atoms with Crippen LogP contribution in [0.15, 0.2) is 24.3 Å². The van der Waals surface area contributed by atoms with Gasteiger partial charge in [-0.05, 0) is 18.9 Å². The molecule has 0 aliphatic carbocycles. The molecule has 0 aliphatic rings. The molecule has 1 heterocycles. The fraction of sp³-hybridized carbons (Fsp3) is 0.471. The van der Waals surface area contributed by atoms with Crippen molar-refractivity contribution in [1.29, 1.82) is 0 Å². The van der Waals surface area contributed by atoms with Crippen molar-refractivity contribution in [2.75, 3.05) is 13.1 Å². The highest BCUT2D eigenvalue weighted by atomic mass is 35.5. The minimum absolute atomic E-state index is 0. The largest absolute Gasteiger partial charge is 0.354 e. The fourth-order valence-electron chi connectivity index (χ4n) is 2.37. The molecule has 0 bridgehead atoms. The molecule has 25 heavy (non-hydrogen) atoms. The van der Waals surface area contributed by atoms with Crippen LogP contribution in [0.4, 0.5) is 0 Å². The predicted molar refractivity (Wildman–Crippen MR) is 101 cm³/mol. The first-order valence-electron chi connectivity index (χ1n) is 8.26. The third-order valence-electron chi connectivity index (χ3n) is 4.37. The SMILES string of the molecule is CCC(N)(CC)CNC(=O)CCNC(=O)c1n[nH]c2ccccc12.Cl. The summed E-state index contributed by atoms with van der Waals surface area (Å²) in [7, 11) is 0. The molecule has 7 nitrogen and oxygen atoms in total. The van der Waals surface area contributed by atoms with E-state index in [-0.39, 0.29) is 42.7 Å². The van der Waals surface area contributed by atoms with Gasteiger partial charge in [0, 0.05) is 30.4 Å². The van der Waals surface area contributed by atoms with E-state index in [1.165, 1.54) is 0 Å². The van der Waals surface area contributed by atoms with Crippen LogP contribution in [0.1, 0.15) is 43.6 Å². The summed E-state index contributed by atoms with van der Waals surface area (Å²) in [5, 5.41) is 13.2. The molecule has 138 valence electrons. The van der Waals surface area contributed by atoms with Gasteiger partial charge >= 0.3 is 0 Å². The Kier molecular flexibility index (Phi) is 7.86. The van der Waals surface area contributed by atoms with Crippen molar-refractivity contribution >= 4 is 35.1 Å². The monoisotopic (exact) mass is 367 g/mol. The van der Waals surface area contributed by atoms with Crippen LogP contribution in [-0.2, 0) is 4.79 Å². The number of para-hydroxylation sites is 1. The summed E-state index contributed by atoms with van der Waals surface area (Å²) in [6.07, 6.45) is 1.80. The van der Waals surface area contributed by atoms with Crippen molar-refractivity contribution in [2.24, 2.45) is 5.73 Å². The van der Waals surface area contributed by atoms with E-state index >= 15 is 0 Å². The topological polar surface area (TPSA) is 113 Å². The summed E-state index contributed by atoms with van der Waals surface area (Å²) in [5.74, 6) is -0.422. The number of benzene rings is 1. The van der Waals surface area contributed by atoms with Crippen molar-refractivity contribution in [3.63, 3.8) is 0 Å². The van der Waals surface area contributed by atoms with Gasteiger partial charge in [-0.3, -0.25) is 14.7 Å². The molecular formula is C17H26ClN5O2. The Balaban J connectivity index is 0.00000312. The molecule has 8 heteroatoms. The summed E-state index contributed by atoms with van der Waals surface area (Å²) in [6, 6.07) is 7.41. The van der Waals surface area contributed by atoms with Gasteiger partial charge in [-0.1, -0.05) is 32.0 Å². The molecule has 0 atom stereocenters. The Hall–Kier alpha value is -2.12. The van der Waals surface area contributed by atoms with Crippen molar-refractivity contribution in [3.05, 3.63) is 30.0 Å². The number of hydrogen-bond acceptors (Lipinski definition) is 4. The van der Waals surface area contributed by atoms with Gasteiger partial charge in [0.2, 0.25) is 5.91 Å². The maximum Gasteiger partial charge on any atom is 0.272 e. The molecule has 0 aliphatic heterocycles. The highest BCUT2D eigenvalue weighted by molar-refractivity contribution is 6.04. The second kappa shape index (κ2) is 9.39. The van der Waals surface area contributed by atoms with E-state index in [4.69, 9.17) is 5.73 Å². The third-order valence-corrected chi connectivity index (χ3v) is 4.37. The van der Waals surface area contributed by atoms with Gasteiger partial charge in [-0.15, -0.1) is 12.4 Å². The number of nitrogens with two attached hydrogens (primary N) is 1. The molecule has 0 fully saturated rings. The number of aromatic amines is 1. The minimum atomic E-state index is -0.368. The van der Waals surface area contributed by atoms with Gasteiger partial charge in [0.25, 0.3) is 5.91 Å². The molecule has 1 aromatic carbocycles. The van der Waals surface area contributed by atoms with Gasteiger partial charge in [-0.25, -0.2) is 0 Å². The zero-order valence-electron chi connectivity index (χ0n) is 14.6. The molecule has 2 amide bonds. The van der Waals surface area contributed by atoms with Gasteiger partial charge in [0.05, 0.1) is 5.52 Å². The number of amides is 2. The maximum atomic E-state index is 12.2. The number of hydrogen-bond donors (Lipinski definition) is 4. The van der Waals surface area contributed by atoms with Crippen LogP contribution in [0, 0.1) is 0 Å². The number of carbonyl (C=O) groups is 2. The first-order valence-corrected chi connectivity index (χ1v) is 8.26. The van der Waals surface area contributed by atoms with E-state index in [1.54, 1.807) is 0 Å². The summed E-state index contributed by atoms with van der Waals surface area (Å²) in [4.78, 5) is 24.0. The van der Waals surface area contributed by atoms with Crippen LogP contribution in [0.3, 0.4) is 0 Å². The molecule has 5 N–H and O–H groups in total. The average molecular weight is 368 g/mol. The number of fused-ring (bicyclic) bond motifs is 1. The summed E-state index contributed by atoms with van der Waals surface area (Å²) in [5.41, 5.74) is 6.92. The van der Waals surface area contributed by atoms with E-state index in [0.717, 1.165) is 23.7 Å². The molecule has 0 unspecified atom stereocenters. The number of nitrogens with one attached hydrogen (secondary N) is 3. The van der Waals surface area contributed by atoms with E-state index in [2.05, 4.69) is 20.8 Å². The second-order valence-electron chi connectivity index (χ2n) is 5.97. The van der Waals surface area contributed by atoms with E-state index in [1.807, 2.05) is 38.1 Å². The van der Waals surface area contributed by atoms with Crippen molar-refractivity contribution in [3.8, 4) is 0 Å². The van der Waals surface area contributed by atoms with Crippen LogP contribution in [0.5, 0.6) is 0 Å². The van der Waals surface area contributed by atoms with Crippen LogP contribution in [0.2, 0.25) is 0 Å². The number of halogens is 1. The molecule has 0 radical (unpaired) electrons. The summed E-state index contributed by atoms with van der Waals surface area (Å²) >= 11 is 0. The molecule has 0 spiro atoms. The number of rotatable bonds is 8. The zero-order valence-corrected chi connectivity index (χ0v) is 15.4. The van der Waals surface area contributed by atoms with Gasteiger partial charge in [0.15, 0.2) is 5.69 Å². The standard InChI is InChI=1S/C17H25N5O2.ClH/c1-3-17(18,4-2)11-20-14(23)9-10-19-16(24)15-12-7-5-6-8-13(12)21-22-15;/h5-8H,3-4,9-11,18H2,1-2H3,(H,19,24)(H,20,23)(H,21,22);1H. The Morgan fingerprint density at radius 3 is 2.56 bits per heavy atom. The van der Waals surface area contributed by atoms with Crippen molar-refractivity contribution in [1.82, 2.24) is 20.8 Å². The average Bonchev–Trinajstić information content (AvgIpc) is 3.03. The lowest BCUT2D eigenvalue weighted by Gasteiger charge is -2.26. The lowest BCUT2D eigenvalue weighted by Crippen LogP contribution is -2.49. The number of carbonyl (C=O) groups excluding carboxylic acids is 2. The molecule has 2 aromatic rings. The minimum Gasteiger partial charge on any atom is -0.354 e. The van der Waals surface area contributed by atoms with Gasteiger partial charge in [-0.2, -0.15) is 5.10 Å². The highest BCUT2D eigenvalue weighted by Crippen LogP contribution is 2.14. The lowest BCUT2D eigenvalue weighted by atomic mass is 9.94. The van der Waals surface area contributed by atoms with Gasteiger partial charge in [0.1, 0.15) is 0 Å². The first-order chi connectivity index (χ1) is 11.5. The van der Waals surface area contributed by atoms with Gasteiger partial charge < -0.3 is 16.4 Å². The summed E-state index contributed by atoms with van der Waals surface area (Å²) in [6.45, 7) is 4.70. The third kappa shape index (κ3) is 5.44. The van der Waals surface area contributed by atoms with Crippen LogP contribution < -0.4 is 16.4 Å². The van der Waals surface area contributed by atoms with Crippen molar-refractivity contribution in [2.45, 2.75) is 38.6 Å². The smallest absolute Gasteiger partial charge is 0.272 e. The number of aromatic nitrogens is 2. The molecule has 2 rings (SSSR count). The number of H-pyrrole nitrogens is 1. The Labute approximate surface area is 153 Å². The Bertz CT molecular complexity index is 712. The highest BCUT2D eigenvalue weighted by Gasteiger charge is 2.20. The molecule has 1 aromatic heterocycles. The quantitative estimate of drug-likeness (QED) is 0.569. The van der Waals surface area contributed by atoms with Crippen molar-refractivity contribution < 1.29 is 9.59 Å². The molecule has 0 saturated heterocycles. The number of nitrogens with zero attached hydrogens (tertiary/aromatic N) is 1. The van der Waals surface area contributed by atoms with Crippen LogP contribution >= 0.6 is 12.4 Å². The molecule has 0 saturated carbocycles. The Morgan fingerprint density at radius 2 is 1.88 bits per heavy atom. The summed E-state index contributed by atoms with van der Waals surface area (Å²) < 4.78 is 0.